The van der Waals surface area contributed by atoms with Gasteiger partial charge in [-0.1, -0.05) is 24.3 Å². The molecule has 0 saturated carbocycles. The Morgan fingerprint density at radius 2 is 1.78 bits per heavy atom. The number of likely N-dealkylation sites (tertiary alicyclic amines) is 1. The molecule has 0 aliphatic carbocycles. The average molecular weight is 379 g/mol. The van der Waals surface area contributed by atoms with E-state index in [9.17, 15) is 13.6 Å². The van der Waals surface area contributed by atoms with Crippen LogP contribution in [0.25, 0.3) is 0 Å². The van der Waals surface area contributed by atoms with Gasteiger partial charge >= 0.3 is 7.12 Å². The third-order valence-corrected chi connectivity index (χ3v) is 5.92. The lowest BCUT2D eigenvalue weighted by atomic mass is 9.75. The molecular formula is C20H28BF2NO3. The van der Waals surface area contributed by atoms with E-state index in [4.69, 9.17) is 9.31 Å². The predicted molar refractivity (Wildman–Crippen MR) is 101 cm³/mol. The van der Waals surface area contributed by atoms with E-state index in [2.05, 4.69) is 0 Å². The normalized spacial score (nSPS) is 23.5. The Bertz CT molecular complexity index is 692. The van der Waals surface area contributed by atoms with Crippen LogP contribution >= 0.6 is 0 Å². The molecule has 2 aliphatic rings. The third kappa shape index (κ3) is 4.35. The molecule has 0 atom stereocenters. The summed E-state index contributed by atoms with van der Waals surface area (Å²) in [5, 5.41) is 0. The number of carbonyl (C=O) groups excluding carboxylic acids is 1. The second-order valence-electron chi connectivity index (χ2n) is 8.56. The molecule has 0 radical (unpaired) electrons. The summed E-state index contributed by atoms with van der Waals surface area (Å²) in [6.07, 6.45) is 0.887. The molecule has 0 unspecified atom stereocenters. The van der Waals surface area contributed by atoms with Crippen molar-refractivity contribution in [3.05, 3.63) is 29.8 Å². The zero-order chi connectivity index (χ0) is 19.9. The first-order chi connectivity index (χ1) is 12.5. The highest BCUT2D eigenvalue weighted by Gasteiger charge is 2.52. The van der Waals surface area contributed by atoms with Crippen molar-refractivity contribution in [2.45, 2.75) is 70.5 Å². The zero-order valence-electron chi connectivity index (χ0n) is 16.6. The van der Waals surface area contributed by atoms with Gasteiger partial charge in [-0.15, -0.1) is 0 Å². The number of hydrogen-bond acceptors (Lipinski definition) is 3. The second-order valence-corrected chi connectivity index (χ2v) is 8.56. The molecule has 3 rings (SSSR count). The number of halogens is 2. The minimum Gasteiger partial charge on any atom is -0.399 e. The van der Waals surface area contributed by atoms with Crippen LogP contribution in [-0.4, -0.2) is 48.1 Å². The van der Waals surface area contributed by atoms with Crippen molar-refractivity contribution in [1.29, 1.82) is 0 Å². The third-order valence-electron chi connectivity index (χ3n) is 5.92. The molecule has 0 bridgehead atoms. The van der Waals surface area contributed by atoms with Crippen LogP contribution in [0, 0.1) is 0 Å². The van der Waals surface area contributed by atoms with Gasteiger partial charge in [0.2, 0.25) is 5.91 Å². The number of hydrogen-bond donors (Lipinski definition) is 0. The molecule has 0 aromatic heterocycles. The summed E-state index contributed by atoms with van der Waals surface area (Å²) in [6.45, 7) is 7.93. The van der Waals surface area contributed by atoms with Crippen LogP contribution in [0.1, 0.15) is 52.5 Å². The van der Waals surface area contributed by atoms with Gasteiger partial charge in [-0.05, 0) is 51.6 Å². The number of carbonyl (C=O) groups is 1. The molecule has 2 aliphatic heterocycles. The maximum absolute atomic E-state index is 13.6. The van der Waals surface area contributed by atoms with Crippen molar-refractivity contribution in [2.24, 2.45) is 0 Å². The van der Waals surface area contributed by atoms with E-state index in [1.807, 2.05) is 52.0 Å². The van der Waals surface area contributed by atoms with E-state index in [1.54, 1.807) is 0 Å². The van der Waals surface area contributed by atoms with Crippen molar-refractivity contribution < 1.29 is 22.9 Å². The Balaban J connectivity index is 1.68. The molecule has 27 heavy (non-hydrogen) atoms. The van der Waals surface area contributed by atoms with E-state index >= 15 is 0 Å². The van der Waals surface area contributed by atoms with Crippen LogP contribution in [0.3, 0.4) is 0 Å². The summed E-state index contributed by atoms with van der Waals surface area (Å²) in [5.41, 5.74) is 0.959. The van der Waals surface area contributed by atoms with E-state index in [0.29, 0.717) is 19.4 Å². The molecule has 148 valence electrons. The van der Waals surface area contributed by atoms with Crippen LogP contribution in [-0.2, 0) is 20.5 Å². The fraction of sp³-hybridized carbons (Fsp3) is 0.650. The van der Waals surface area contributed by atoms with Crippen molar-refractivity contribution >= 4 is 18.5 Å². The Morgan fingerprint density at radius 1 is 1.15 bits per heavy atom. The minimum absolute atomic E-state index is 0.137. The maximum atomic E-state index is 13.6. The smallest absolute Gasteiger partial charge is 0.399 e. The fourth-order valence-electron chi connectivity index (χ4n) is 3.54. The Morgan fingerprint density at radius 3 is 2.41 bits per heavy atom. The molecule has 0 spiro atoms. The standard InChI is InChI=1S/C20H28BF2NO3/c1-18(2)19(3,4)27-21(26-18)16-9-6-5-8-15(16)10-11-17(25)24-13-7-12-20(22,23)14-24/h5-6,8-9H,7,10-14H2,1-4H3. The average Bonchev–Trinajstić information content (AvgIpc) is 2.79. The Hall–Kier alpha value is -1.47. The monoisotopic (exact) mass is 379 g/mol. The van der Waals surface area contributed by atoms with Crippen molar-refractivity contribution in [3.8, 4) is 0 Å². The van der Waals surface area contributed by atoms with E-state index in [0.717, 1.165) is 11.0 Å². The summed E-state index contributed by atoms with van der Waals surface area (Å²) in [6, 6.07) is 7.70. The summed E-state index contributed by atoms with van der Waals surface area (Å²) in [7, 11) is -0.499. The van der Waals surface area contributed by atoms with Gasteiger partial charge in [-0.25, -0.2) is 8.78 Å². The number of piperidine rings is 1. The number of alkyl halides is 2. The van der Waals surface area contributed by atoms with Gasteiger partial charge in [0.25, 0.3) is 5.92 Å². The summed E-state index contributed by atoms with van der Waals surface area (Å²) < 4.78 is 39.4. The highest BCUT2D eigenvalue weighted by molar-refractivity contribution is 6.62. The summed E-state index contributed by atoms with van der Waals surface area (Å²) in [4.78, 5) is 13.7. The number of amides is 1. The molecule has 2 saturated heterocycles. The highest BCUT2D eigenvalue weighted by Crippen LogP contribution is 2.36. The van der Waals surface area contributed by atoms with Crippen molar-refractivity contribution in [1.82, 2.24) is 4.90 Å². The van der Waals surface area contributed by atoms with E-state index in [-0.39, 0.29) is 18.7 Å². The van der Waals surface area contributed by atoms with Crippen LogP contribution in [0.4, 0.5) is 8.78 Å². The molecule has 1 aromatic carbocycles. The molecule has 2 fully saturated rings. The second kappa shape index (κ2) is 7.17. The first-order valence-electron chi connectivity index (χ1n) is 9.60. The molecular weight excluding hydrogens is 351 g/mol. The lowest BCUT2D eigenvalue weighted by molar-refractivity contribution is -0.141. The fourth-order valence-corrected chi connectivity index (χ4v) is 3.54. The Kier molecular flexibility index (Phi) is 5.38. The van der Waals surface area contributed by atoms with Gasteiger partial charge in [0.15, 0.2) is 0 Å². The lowest BCUT2D eigenvalue weighted by Crippen LogP contribution is -2.45. The number of nitrogens with zero attached hydrogens (tertiary/aromatic N) is 1. The molecule has 1 aromatic rings. The predicted octanol–water partition coefficient (Wildman–Crippen LogP) is 3.18. The van der Waals surface area contributed by atoms with Gasteiger partial charge in [0, 0.05) is 19.4 Å². The van der Waals surface area contributed by atoms with Gasteiger partial charge in [-0.3, -0.25) is 4.79 Å². The molecule has 1 amide bonds. The quantitative estimate of drug-likeness (QED) is 0.755. The van der Waals surface area contributed by atoms with E-state index < -0.39 is 30.8 Å². The zero-order valence-corrected chi connectivity index (χ0v) is 16.6. The number of rotatable bonds is 4. The summed E-state index contributed by atoms with van der Waals surface area (Å²) in [5.74, 6) is -2.99. The van der Waals surface area contributed by atoms with Crippen LogP contribution in [0.2, 0.25) is 0 Å². The largest absolute Gasteiger partial charge is 0.495 e. The van der Waals surface area contributed by atoms with Gasteiger partial charge in [-0.2, -0.15) is 0 Å². The molecule has 7 heteroatoms. The van der Waals surface area contributed by atoms with Crippen LogP contribution in [0.5, 0.6) is 0 Å². The maximum Gasteiger partial charge on any atom is 0.495 e. The van der Waals surface area contributed by atoms with Gasteiger partial charge in [0.1, 0.15) is 0 Å². The molecule has 0 N–H and O–H groups in total. The number of benzene rings is 1. The van der Waals surface area contributed by atoms with Crippen LogP contribution < -0.4 is 5.46 Å². The Labute approximate surface area is 160 Å². The topological polar surface area (TPSA) is 38.8 Å². The van der Waals surface area contributed by atoms with Gasteiger partial charge in [0.05, 0.1) is 17.7 Å². The minimum atomic E-state index is -2.77. The molecule has 4 nitrogen and oxygen atoms in total. The molecule has 2 heterocycles. The number of aryl methyl sites for hydroxylation is 1. The van der Waals surface area contributed by atoms with Gasteiger partial charge < -0.3 is 14.2 Å². The lowest BCUT2D eigenvalue weighted by Gasteiger charge is -2.32. The first kappa shape index (κ1) is 20.3. The first-order valence-corrected chi connectivity index (χ1v) is 9.60. The van der Waals surface area contributed by atoms with E-state index in [1.165, 1.54) is 4.90 Å². The summed E-state index contributed by atoms with van der Waals surface area (Å²) >= 11 is 0. The van der Waals surface area contributed by atoms with Crippen molar-refractivity contribution in [3.63, 3.8) is 0 Å². The SMILES string of the molecule is CC1(C)OB(c2ccccc2CCC(=O)N2CCCC(F)(F)C2)OC1(C)C. The highest BCUT2D eigenvalue weighted by atomic mass is 19.3. The van der Waals surface area contributed by atoms with Crippen molar-refractivity contribution in [2.75, 3.05) is 13.1 Å². The van der Waals surface area contributed by atoms with Crippen LogP contribution in [0.15, 0.2) is 24.3 Å².